The van der Waals surface area contributed by atoms with E-state index in [-0.39, 0.29) is 35.5 Å². The zero-order valence-corrected chi connectivity index (χ0v) is 31.3. The number of hydrogen-bond acceptors (Lipinski definition) is 8. The van der Waals surface area contributed by atoms with Crippen LogP contribution in [-0.2, 0) is 20.9 Å². The number of carboxylic acid groups (broad SMARTS) is 1. The van der Waals surface area contributed by atoms with Crippen molar-refractivity contribution in [3.05, 3.63) is 83.7 Å². The third-order valence-corrected chi connectivity index (χ3v) is 15.0. The van der Waals surface area contributed by atoms with Crippen LogP contribution >= 0.6 is 0 Å². The van der Waals surface area contributed by atoms with Crippen molar-refractivity contribution in [3.63, 3.8) is 0 Å². The van der Waals surface area contributed by atoms with Crippen LogP contribution < -0.4 is 9.46 Å². The van der Waals surface area contributed by atoms with Gasteiger partial charge < -0.3 is 19.2 Å². The fraction of sp³-hybridized carbons (Fsp3) is 0.459. The number of nitriles is 1. The lowest BCUT2D eigenvalue weighted by Crippen LogP contribution is -2.45. The number of carbonyl (C=O) groups is 2. The zero-order chi connectivity index (χ0) is 36.5. The van der Waals surface area contributed by atoms with E-state index in [0.29, 0.717) is 6.42 Å². The summed E-state index contributed by atoms with van der Waals surface area (Å²) in [7, 11) is -6.35. The molecular weight excluding hydrogens is 673 g/mol. The number of carbonyl (C=O) groups excluding carboxylic acids is 1. The molecule has 13 heteroatoms. The molecule has 0 saturated heterocycles. The molecule has 1 aromatic heterocycles. The Morgan fingerprint density at radius 3 is 2.36 bits per heavy atom. The van der Waals surface area contributed by atoms with Gasteiger partial charge in [0.2, 0.25) is 10.0 Å². The molecule has 3 aromatic rings. The minimum absolute atomic E-state index is 0.0581. The molecule has 268 valence electrons. The first-order valence-electron chi connectivity index (χ1n) is 17.0. The van der Waals surface area contributed by atoms with Crippen molar-refractivity contribution < 1.29 is 32.3 Å². The number of rotatable bonds is 14. The molecule has 0 unspecified atom stereocenters. The summed E-state index contributed by atoms with van der Waals surface area (Å²) < 4.78 is 39.2. The smallest absolute Gasteiger partial charge is 0.407 e. The number of aromatic nitrogens is 1. The summed E-state index contributed by atoms with van der Waals surface area (Å²) in [5, 5.41) is 18.9. The van der Waals surface area contributed by atoms with E-state index in [9.17, 15) is 23.1 Å². The Morgan fingerprint density at radius 1 is 1.08 bits per heavy atom. The van der Waals surface area contributed by atoms with Gasteiger partial charge in [0.05, 0.1) is 30.4 Å². The first kappa shape index (κ1) is 38.5. The maximum Gasteiger partial charge on any atom is 0.407 e. The largest absolute Gasteiger partial charge is 0.490 e. The van der Waals surface area contributed by atoms with E-state index in [4.69, 9.17) is 14.4 Å². The SMILES string of the molecule is CC(C)(C)[Si](C)(C)O[C@@H](CN(CCc1ccc(-c2ccc(C(=O)NS(=O)(=O)CC#N)c(OC3CCCCC3)c2)cc1)C(=O)O)c1cccnc1. The summed E-state index contributed by atoms with van der Waals surface area (Å²) in [4.78, 5) is 31.1. The highest BCUT2D eigenvalue weighted by Gasteiger charge is 2.40. The summed E-state index contributed by atoms with van der Waals surface area (Å²) in [6.07, 6.45) is 7.15. The van der Waals surface area contributed by atoms with Gasteiger partial charge in [0.1, 0.15) is 5.75 Å². The van der Waals surface area contributed by atoms with Crippen LogP contribution in [0.5, 0.6) is 5.75 Å². The van der Waals surface area contributed by atoms with Crippen molar-refractivity contribution in [2.75, 3.05) is 18.8 Å². The molecule has 0 bridgehead atoms. The third kappa shape index (κ3) is 10.6. The second-order valence-electron chi connectivity index (χ2n) is 14.3. The molecule has 0 spiro atoms. The van der Waals surface area contributed by atoms with E-state index in [1.165, 1.54) is 11.0 Å². The van der Waals surface area contributed by atoms with Gasteiger partial charge in [-0.3, -0.25) is 9.78 Å². The van der Waals surface area contributed by atoms with Crippen molar-refractivity contribution in [2.24, 2.45) is 0 Å². The van der Waals surface area contributed by atoms with Crippen molar-refractivity contribution in [1.29, 1.82) is 5.26 Å². The van der Waals surface area contributed by atoms with Crippen LogP contribution in [0.25, 0.3) is 11.1 Å². The van der Waals surface area contributed by atoms with Crippen LogP contribution in [0.4, 0.5) is 4.79 Å². The fourth-order valence-corrected chi connectivity index (χ4v) is 7.48. The Labute approximate surface area is 296 Å². The second-order valence-corrected chi connectivity index (χ2v) is 20.7. The third-order valence-electron chi connectivity index (χ3n) is 9.49. The van der Waals surface area contributed by atoms with Gasteiger partial charge in [-0.25, -0.2) is 17.9 Å². The van der Waals surface area contributed by atoms with Gasteiger partial charge in [0.25, 0.3) is 5.91 Å². The van der Waals surface area contributed by atoms with Gasteiger partial charge in [-0.2, -0.15) is 5.26 Å². The van der Waals surface area contributed by atoms with Crippen LogP contribution in [0, 0.1) is 11.3 Å². The lowest BCUT2D eigenvalue weighted by atomic mass is 9.97. The average molecular weight is 721 g/mol. The summed E-state index contributed by atoms with van der Waals surface area (Å²) >= 11 is 0. The molecule has 50 heavy (non-hydrogen) atoms. The van der Waals surface area contributed by atoms with Gasteiger partial charge in [0.15, 0.2) is 14.1 Å². The Hall–Kier alpha value is -4.25. The first-order valence-corrected chi connectivity index (χ1v) is 21.5. The molecule has 1 atom stereocenters. The van der Waals surface area contributed by atoms with Crippen LogP contribution in [0.2, 0.25) is 18.1 Å². The van der Waals surface area contributed by atoms with E-state index < -0.39 is 42.2 Å². The van der Waals surface area contributed by atoms with Gasteiger partial charge in [-0.1, -0.05) is 63.6 Å². The van der Waals surface area contributed by atoms with Gasteiger partial charge in [0, 0.05) is 18.9 Å². The van der Waals surface area contributed by atoms with Crippen LogP contribution in [0.3, 0.4) is 0 Å². The summed E-state index contributed by atoms with van der Waals surface area (Å²) in [6.45, 7) is 11.2. The summed E-state index contributed by atoms with van der Waals surface area (Å²) in [5.41, 5.74) is 3.48. The van der Waals surface area contributed by atoms with E-state index in [1.54, 1.807) is 30.6 Å². The molecule has 2 N–H and O–H groups in total. The molecule has 0 aliphatic heterocycles. The first-order chi connectivity index (χ1) is 23.6. The fourth-order valence-electron chi connectivity index (χ4n) is 5.57. The van der Waals surface area contributed by atoms with Crippen molar-refractivity contribution in [3.8, 4) is 22.9 Å². The normalized spacial score (nSPS) is 14.7. The van der Waals surface area contributed by atoms with E-state index >= 15 is 0 Å². The molecule has 0 radical (unpaired) electrons. The number of nitrogens with one attached hydrogen (secondary N) is 1. The van der Waals surface area contributed by atoms with Crippen LogP contribution in [0.1, 0.15) is 80.5 Å². The maximum absolute atomic E-state index is 13.0. The molecule has 1 saturated carbocycles. The molecule has 1 fully saturated rings. The number of hydrogen-bond donors (Lipinski definition) is 2. The zero-order valence-electron chi connectivity index (χ0n) is 29.5. The minimum Gasteiger partial charge on any atom is -0.490 e. The Balaban J connectivity index is 1.51. The molecule has 2 aromatic carbocycles. The monoisotopic (exact) mass is 720 g/mol. The molecule has 11 nitrogen and oxygen atoms in total. The highest BCUT2D eigenvalue weighted by Crippen LogP contribution is 2.40. The van der Waals surface area contributed by atoms with Crippen LogP contribution in [0.15, 0.2) is 67.0 Å². The average Bonchev–Trinajstić information content (AvgIpc) is 3.06. The van der Waals surface area contributed by atoms with Crippen molar-refractivity contribution >= 4 is 30.3 Å². The molecule has 2 amide bonds. The second kappa shape index (κ2) is 16.6. The number of ether oxygens (including phenoxy) is 1. The summed E-state index contributed by atoms with van der Waals surface area (Å²) in [5.74, 6) is -1.40. The quantitative estimate of drug-likeness (QED) is 0.163. The van der Waals surface area contributed by atoms with E-state index in [0.717, 1.165) is 54.4 Å². The highest BCUT2D eigenvalue weighted by atomic mass is 32.2. The molecule has 1 aliphatic rings. The van der Waals surface area contributed by atoms with Crippen LogP contribution in [-0.4, -0.2) is 68.7 Å². The van der Waals surface area contributed by atoms with E-state index in [2.05, 4.69) is 38.8 Å². The molecule has 1 aliphatic carbocycles. The number of sulfonamides is 1. The Morgan fingerprint density at radius 2 is 1.76 bits per heavy atom. The van der Waals surface area contributed by atoms with Crippen molar-refractivity contribution in [2.45, 2.75) is 89.6 Å². The van der Waals surface area contributed by atoms with Crippen molar-refractivity contribution in [1.82, 2.24) is 14.6 Å². The molecule has 4 rings (SSSR count). The van der Waals surface area contributed by atoms with E-state index in [1.807, 2.05) is 41.1 Å². The lowest BCUT2D eigenvalue weighted by Gasteiger charge is -2.40. The predicted octanol–water partition coefficient (Wildman–Crippen LogP) is 7.33. The number of pyridine rings is 1. The standard InChI is InChI=1S/C37H48N4O7SSi/c1-37(2,3)50(4,5)48-34(30-10-9-21-39-25-30)26-41(36(43)44)22-19-27-13-15-28(16-14-27)29-17-18-32(35(42)40-49(45,46)23-20-38)33(24-29)47-31-11-7-6-8-12-31/h9-10,13-18,21,24-25,31,34H,6-8,11-12,19,22-23,26H2,1-5H3,(H,40,42)(H,43,44)/t34-/m0/s1. The van der Waals surface area contributed by atoms with Gasteiger partial charge in [-0.15, -0.1) is 0 Å². The lowest BCUT2D eigenvalue weighted by molar-refractivity contribution is 0.0969. The topological polar surface area (TPSA) is 159 Å². The summed E-state index contributed by atoms with van der Waals surface area (Å²) in [6, 6.07) is 18.0. The maximum atomic E-state index is 13.0. The Kier molecular flexibility index (Phi) is 12.8. The molecule has 1 heterocycles. The van der Waals surface area contributed by atoms with Gasteiger partial charge in [-0.05, 0) is 90.7 Å². The Bertz CT molecular complexity index is 1770. The van der Waals surface area contributed by atoms with Gasteiger partial charge >= 0.3 is 6.09 Å². The minimum atomic E-state index is -4.11. The number of benzene rings is 2. The predicted molar refractivity (Wildman–Crippen MR) is 195 cm³/mol. The molecular formula is C37H48N4O7SSi. The number of nitrogens with zero attached hydrogens (tertiary/aromatic N) is 3. The highest BCUT2D eigenvalue weighted by molar-refractivity contribution is 7.90. The number of amides is 2.